The lowest BCUT2D eigenvalue weighted by atomic mass is 9.92. The van der Waals surface area contributed by atoms with Crippen LogP contribution in [0.2, 0.25) is 0 Å². The SMILES string of the molecule is CC1(NC(=O)c2cncc(C#CCCO)c2)CCOCC1. The number of hydrogen-bond acceptors (Lipinski definition) is 4. The van der Waals surface area contributed by atoms with Crippen LogP contribution in [0.15, 0.2) is 18.5 Å². The molecule has 0 aromatic carbocycles. The molecular formula is C16H20N2O3. The number of nitrogens with zero attached hydrogens (tertiary/aromatic N) is 1. The molecule has 2 N–H and O–H groups in total. The van der Waals surface area contributed by atoms with Crippen molar-refractivity contribution < 1.29 is 14.6 Å². The highest BCUT2D eigenvalue weighted by atomic mass is 16.5. The predicted molar refractivity (Wildman–Crippen MR) is 78.7 cm³/mol. The first-order valence-corrected chi connectivity index (χ1v) is 7.08. The number of nitrogens with one attached hydrogen (secondary N) is 1. The number of carbonyl (C=O) groups excluding carboxylic acids is 1. The van der Waals surface area contributed by atoms with Crippen LogP contribution in [0.25, 0.3) is 0 Å². The maximum Gasteiger partial charge on any atom is 0.253 e. The molecule has 1 aliphatic rings. The molecule has 1 fully saturated rings. The average molecular weight is 288 g/mol. The van der Waals surface area contributed by atoms with Crippen molar-refractivity contribution in [3.8, 4) is 11.8 Å². The zero-order valence-electron chi connectivity index (χ0n) is 12.2. The molecule has 2 rings (SSSR count). The standard InChI is InChI=1S/C16H20N2O3/c1-16(5-8-21-9-6-16)18-15(20)14-10-13(11-17-12-14)4-2-3-7-19/h10-12,19H,3,5-9H2,1H3,(H,18,20). The Kier molecular flexibility index (Phi) is 5.32. The van der Waals surface area contributed by atoms with Gasteiger partial charge >= 0.3 is 0 Å². The molecule has 21 heavy (non-hydrogen) atoms. The summed E-state index contributed by atoms with van der Waals surface area (Å²) < 4.78 is 5.32. The Labute approximate surface area is 124 Å². The molecule has 5 nitrogen and oxygen atoms in total. The summed E-state index contributed by atoms with van der Waals surface area (Å²) in [5.41, 5.74) is 0.945. The van der Waals surface area contributed by atoms with Crippen LogP contribution in [-0.4, -0.2) is 41.4 Å². The van der Waals surface area contributed by atoms with Crippen molar-refractivity contribution >= 4 is 5.91 Å². The summed E-state index contributed by atoms with van der Waals surface area (Å²) in [6.45, 7) is 3.40. The Hall–Kier alpha value is -1.90. The molecule has 0 bridgehead atoms. The number of aliphatic hydroxyl groups is 1. The monoisotopic (exact) mass is 288 g/mol. The second-order valence-corrected chi connectivity index (χ2v) is 5.36. The van der Waals surface area contributed by atoms with Gasteiger partial charge in [-0.1, -0.05) is 11.8 Å². The zero-order chi connectivity index (χ0) is 15.1. The van der Waals surface area contributed by atoms with Crippen LogP contribution in [0.1, 0.15) is 42.1 Å². The van der Waals surface area contributed by atoms with E-state index in [2.05, 4.69) is 22.1 Å². The summed E-state index contributed by atoms with van der Waals surface area (Å²) in [5, 5.41) is 11.8. The lowest BCUT2D eigenvalue weighted by Crippen LogP contribution is -2.49. The van der Waals surface area contributed by atoms with Crippen LogP contribution in [0, 0.1) is 11.8 Å². The van der Waals surface area contributed by atoms with E-state index in [4.69, 9.17) is 9.84 Å². The molecule has 0 radical (unpaired) electrons. The van der Waals surface area contributed by atoms with Gasteiger partial charge in [-0.2, -0.15) is 0 Å². The van der Waals surface area contributed by atoms with Crippen molar-refractivity contribution in [1.82, 2.24) is 10.3 Å². The van der Waals surface area contributed by atoms with E-state index in [-0.39, 0.29) is 18.1 Å². The highest BCUT2D eigenvalue weighted by molar-refractivity contribution is 5.94. The third-order valence-electron chi connectivity index (χ3n) is 3.48. The van der Waals surface area contributed by atoms with Crippen LogP contribution in [0.4, 0.5) is 0 Å². The van der Waals surface area contributed by atoms with E-state index >= 15 is 0 Å². The Morgan fingerprint density at radius 1 is 1.48 bits per heavy atom. The summed E-state index contributed by atoms with van der Waals surface area (Å²) in [7, 11) is 0. The molecule has 112 valence electrons. The maximum atomic E-state index is 12.3. The molecule has 1 aromatic rings. The zero-order valence-corrected chi connectivity index (χ0v) is 12.2. The van der Waals surface area contributed by atoms with Crippen LogP contribution < -0.4 is 5.32 Å². The number of hydrogen-bond donors (Lipinski definition) is 2. The molecular weight excluding hydrogens is 268 g/mol. The Morgan fingerprint density at radius 3 is 2.95 bits per heavy atom. The number of rotatable bonds is 3. The number of carbonyl (C=O) groups is 1. The number of ether oxygens (including phenoxy) is 1. The largest absolute Gasteiger partial charge is 0.395 e. The van der Waals surface area contributed by atoms with E-state index in [1.165, 1.54) is 6.20 Å². The van der Waals surface area contributed by atoms with Gasteiger partial charge in [0, 0.05) is 43.1 Å². The van der Waals surface area contributed by atoms with E-state index < -0.39 is 0 Å². The molecule has 0 atom stereocenters. The quantitative estimate of drug-likeness (QED) is 0.818. The molecule has 0 spiro atoms. The minimum absolute atomic E-state index is 0.0288. The molecule has 0 unspecified atom stereocenters. The first kappa shape index (κ1) is 15.5. The summed E-state index contributed by atoms with van der Waals surface area (Å²) in [4.78, 5) is 16.4. The maximum absolute atomic E-state index is 12.3. The first-order valence-electron chi connectivity index (χ1n) is 7.08. The van der Waals surface area contributed by atoms with Gasteiger partial charge in [0.1, 0.15) is 0 Å². The van der Waals surface area contributed by atoms with Gasteiger partial charge in [-0.25, -0.2) is 0 Å². The van der Waals surface area contributed by atoms with Crippen LogP contribution in [0.3, 0.4) is 0 Å². The van der Waals surface area contributed by atoms with Gasteiger partial charge in [0.25, 0.3) is 5.91 Å². The molecule has 1 saturated heterocycles. The highest BCUT2D eigenvalue weighted by Crippen LogP contribution is 2.20. The first-order chi connectivity index (χ1) is 10.1. The second-order valence-electron chi connectivity index (χ2n) is 5.36. The van der Waals surface area contributed by atoms with Gasteiger partial charge < -0.3 is 15.2 Å². The lowest BCUT2D eigenvalue weighted by molar-refractivity contribution is 0.0422. The Morgan fingerprint density at radius 2 is 2.24 bits per heavy atom. The third kappa shape index (κ3) is 4.55. The molecule has 0 aliphatic carbocycles. The highest BCUT2D eigenvalue weighted by Gasteiger charge is 2.29. The van der Waals surface area contributed by atoms with Gasteiger partial charge in [-0.3, -0.25) is 9.78 Å². The van der Waals surface area contributed by atoms with Crippen molar-refractivity contribution in [2.45, 2.75) is 31.7 Å². The minimum atomic E-state index is -0.228. The van der Waals surface area contributed by atoms with Crippen molar-refractivity contribution in [2.75, 3.05) is 19.8 Å². The van der Waals surface area contributed by atoms with Gasteiger partial charge in [-0.05, 0) is 25.8 Å². The van der Waals surface area contributed by atoms with Gasteiger partial charge in [0.15, 0.2) is 0 Å². The van der Waals surface area contributed by atoms with Crippen molar-refractivity contribution in [3.63, 3.8) is 0 Å². The Balaban J connectivity index is 2.05. The summed E-state index contributed by atoms with van der Waals surface area (Å²) in [6.07, 6.45) is 5.17. The van der Waals surface area contributed by atoms with Gasteiger partial charge in [0.05, 0.1) is 12.2 Å². The van der Waals surface area contributed by atoms with E-state index in [0.29, 0.717) is 30.8 Å². The number of aliphatic hydroxyl groups excluding tert-OH is 1. The van der Waals surface area contributed by atoms with Crippen LogP contribution >= 0.6 is 0 Å². The number of aromatic nitrogens is 1. The van der Waals surface area contributed by atoms with Gasteiger partial charge in [-0.15, -0.1) is 0 Å². The van der Waals surface area contributed by atoms with E-state index in [1.807, 2.05) is 6.92 Å². The number of amides is 1. The van der Waals surface area contributed by atoms with Gasteiger partial charge in [0.2, 0.25) is 0 Å². The summed E-state index contributed by atoms with van der Waals surface area (Å²) in [6, 6.07) is 1.72. The lowest BCUT2D eigenvalue weighted by Gasteiger charge is -2.34. The normalized spacial score (nSPS) is 16.7. The Bertz CT molecular complexity index is 554. The third-order valence-corrected chi connectivity index (χ3v) is 3.48. The topological polar surface area (TPSA) is 71.5 Å². The molecule has 0 saturated carbocycles. The molecule has 1 amide bonds. The molecule has 1 aliphatic heterocycles. The van der Waals surface area contributed by atoms with E-state index in [1.54, 1.807) is 12.3 Å². The molecule has 5 heteroatoms. The molecule has 1 aromatic heterocycles. The van der Waals surface area contributed by atoms with E-state index in [9.17, 15) is 4.79 Å². The predicted octanol–water partition coefficient (Wildman–Crippen LogP) is 1.11. The van der Waals surface area contributed by atoms with Crippen molar-refractivity contribution in [3.05, 3.63) is 29.6 Å². The minimum Gasteiger partial charge on any atom is -0.395 e. The van der Waals surface area contributed by atoms with Crippen molar-refractivity contribution in [1.29, 1.82) is 0 Å². The fourth-order valence-corrected chi connectivity index (χ4v) is 2.15. The summed E-state index contributed by atoms with van der Waals surface area (Å²) >= 11 is 0. The summed E-state index contributed by atoms with van der Waals surface area (Å²) in [5.74, 6) is 5.56. The smallest absolute Gasteiger partial charge is 0.253 e. The van der Waals surface area contributed by atoms with Crippen LogP contribution in [-0.2, 0) is 4.74 Å². The number of pyridine rings is 1. The average Bonchev–Trinajstić information content (AvgIpc) is 2.48. The van der Waals surface area contributed by atoms with Crippen LogP contribution in [0.5, 0.6) is 0 Å². The fraction of sp³-hybridized carbons (Fsp3) is 0.500. The molecule has 2 heterocycles. The second kappa shape index (κ2) is 7.21. The van der Waals surface area contributed by atoms with Crippen molar-refractivity contribution in [2.24, 2.45) is 0 Å². The fourth-order valence-electron chi connectivity index (χ4n) is 2.15. The van der Waals surface area contributed by atoms with E-state index in [0.717, 1.165) is 12.8 Å².